The molecule has 7 heteroatoms. The third kappa shape index (κ3) is 4.24. The van der Waals surface area contributed by atoms with Crippen LogP contribution in [0.15, 0.2) is 24.3 Å². The molecule has 1 aromatic carbocycles. The van der Waals surface area contributed by atoms with Crippen LogP contribution in [0.1, 0.15) is 54.1 Å². The van der Waals surface area contributed by atoms with Crippen LogP contribution < -0.4 is 5.32 Å². The van der Waals surface area contributed by atoms with E-state index in [1.54, 1.807) is 18.2 Å². The number of hydrogen-bond donors (Lipinski definition) is 1. The predicted octanol–water partition coefficient (Wildman–Crippen LogP) is 1.80. The quantitative estimate of drug-likeness (QED) is 0.357. The summed E-state index contributed by atoms with van der Waals surface area (Å²) in [6.07, 6.45) is 5.36. The highest BCUT2D eigenvalue weighted by molar-refractivity contribution is 6.05. The lowest BCUT2D eigenvalue weighted by Gasteiger charge is -2.29. The monoisotopic (exact) mass is 370 g/mol. The van der Waals surface area contributed by atoms with Gasteiger partial charge in [-0.05, 0) is 42.2 Å². The van der Waals surface area contributed by atoms with Crippen molar-refractivity contribution in [3.63, 3.8) is 0 Å². The van der Waals surface area contributed by atoms with Crippen LogP contribution in [0.5, 0.6) is 0 Å². The van der Waals surface area contributed by atoms with Gasteiger partial charge in [-0.3, -0.25) is 19.7 Å². The molecule has 142 valence electrons. The Balaban J connectivity index is 1.67. The van der Waals surface area contributed by atoms with Crippen molar-refractivity contribution < 1.29 is 23.9 Å². The fourth-order valence-electron chi connectivity index (χ4n) is 3.23. The van der Waals surface area contributed by atoms with Gasteiger partial charge in [-0.25, -0.2) is 4.79 Å². The Bertz CT molecular complexity index is 815. The van der Waals surface area contributed by atoms with Crippen molar-refractivity contribution in [2.75, 3.05) is 6.61 Å². The van der Waals surface area contributed by atoms with Crippen LogP contribution in [0.2, 0.25) is 0 Å². The summed E-state index contributed by atoms with van der Waals surface area (Å²) in [4.78, 5) is 49.1. The summed E-state index contributed by atoms with van der Waals surface area (Å²) < 4.78 is 5.07. The average Bonchev–Trinajstić information content (AvgIpc) is 2.96. The summed E-state index contributed by atoms with van der Waals surface area (Å²) in [7, 11) is 0. The van der Waals surface area contributed by atoms with Gasteiger partial charge in [-0.15, -0.1) is 0 Å². The molecule has 0 spiro atoms. The van der Waals surface area contributed by atoms with Crippen molar-refractivity contribution in [3.05, 3.63) is 41.0 Å². The van der Waals surface area contributed by atoms with E-state index in [9.17, 15) is 19.2 Å². The highest BCUT2D eigenvalue weighted by atomic mass is 16.5. The number of fused-ring (bicyclic) bond motifs is 1. The Labute approximate surface area is 157 Å². The van der Waals surface area contributed by atoms with Crippen molar-refractivity contribution in [1.82, 2.24) is 10.2 Å². The first kappa shape index (κ1) is 18.8. The van der Waals surface area contributed by atoms with Crippen LogP contribution >= 0.6 is 0 Å². The Morgan fingerprint density at radius 2 is 2.15 bits per heavy atom. The number of amides is 3. The first-order chi connectivity index (χ1) is 13.0. The Morgan fingerprint density at radius 3 is 2.89 bits per heavy atom. The molecule has 0 radical (unpaired) electrons. The number of nitrogens with one attached hydrogen (secondary N) is 1. The maximum absolute atomic E-state index is 12.6. The Kier molecular flexibility index (Phi) is 5.69. The van der Waals surface area contributed by atoms with Gasteiger partial charge in [-0.2, -0.15) is 0 Å². The molecule has 1 atom stereocenters. The molecule has 2 aliphatic heterocycles. The van der Waals surface area contributed by atoms with Crippen LogP contribution in [0.25, 0.3) is 6.08 Å². The second-order valence-corrected chi connectivity index (χ2v) is 6.67. The van der Waals surface area contributed by atoms with Crippen molar-refractivity contribution in [2.24, 2.45) is 0 Å². The van der Waals surface area contributed by atoms with Gasteiger partial charge in [0, 0.05) is 24.6 Å². The first-order valence-corrected chi connectivity index (χ1v) is 9.12. The number of benzene rings is 1. The molecule has 1 unspecified atom stereocenters. The maximum Gasteiger partial charge on any atom is 0.330 e. The van der Waals surface area contributed by atoms with Gasteiger partial charge >= 0.3 is 5.97 Å². The molecule has 0 saturated carbocycles. The topological polar surface area (TPSA) is 92.8 Å². The normalized spacial score (nSPS) is 19.4. The van der Waals surface area contributed by atoms with Crippen LogP contribution in [-0.4, -0.2) is 41.2 Å². The van der Waals surface area contributed by atoms with Crippen LogP contribution in [-0.2, 0) is 25.7 Å². The SMILES string of the molecule is CCCCOC(=O)C=Cc1ccc2c(c1)CN(C1CCC(=O)NC1=O)C2=O. The highest BCUT2D eigenvalue weighted by Gasteiger charge is 2.38. The summed E-state index contributed by atoms with van der Waals surface area (Å²) in [5.41, 5.74) is 2.12. The molecule has 0 aliphatic carbocycles. The molecule has 1 N–H and O–H groups in total. The van der Waals surface area contributed by atoms with E-state index in [1.807, 2.05) is 13.0 Å². The summed E-state index contributed by atoms with van der Waals surface area (Å²) in [5.74, 6) is -1.35. The lowest BCUT2D eigenvalue weighted by Crippen LogP contribution is -2.52. The van der Waals surface area contributed by atoms with Crippen LogP contribution in [0.3, 0.4) is 0 Å². The summed E-state index contributed by atoms with van der Waals surface area (Å²) in [6.45, 7) is 2.73. The molecular formula is C20H22N2O5. The molecule has 7 nitrogen and oxygen atoms in total. The number of carbonyl (C=O) groups excluding carboxylic acids is 4. The van der Waals surface area contributed by atoms with Gasteiger partial charge in [0.25, 0.3) is 5.91 Å². The molecule has 27 heavy (non-hydrogen) atoms. The molecule has 2 heterocycles. The highest BCUT2D eigenvalue weighted by Crippen LogP contribution is 2.28. The fourth-order valence-corrected chi connectivity index (χ4v) is 3.23. The van der Waals surface area contributed by atoms with E-state index < -0.39 is 17.9 Å². The van der Waals surface area contributed by atoms with Gasteiger partial charge in [0.1, 0.15) is 6.04 Å². The Morgan fingerprint density at radius 1 is 1.33 bits per heavy atom. The minimum Gasteiger partial charge on any atom is -0.463 e. The predicted molar refractivity (Wildman–Crippen MR) is 97.4 cm³/mol. The van der Waals surface area contributed by atoms with E-state index >= 15 is 0 Å². The number of piperidine rings is 1. The number of ether oxygens (including phenoxy) is 1. The number of nitrogens with zero attached hydrogens (tertiary/aromatic N) is 1. The molecule has 0 aromatic heterocycles. The van der Waals surface area contributed by atoms with Crippen LogP contribution in [0.4, 0.5) is 0 Å². The standard InChI is InChI=1S/C20H22N2O5/c1-2-3-10-27-18(24)9-5-13-4-6-15-14(11-13)12-22(20(15)26)16-7-8-17(23)21-19(16)25/h4-6,9,11,16H,2-3,7-8,10,12H2,1H3,(H,21,23,25). The van der Waals surface area contributed by atoms with Gasteiger partial charge in [0.15, 0.2) is 0 Å². The number of rotatable bonds is 6. The molecule has 0 bridgehead atoms. The van der Waals surface area contributed by atoms with Crippen LogP contribution in [0, 0.1) is 0 Å². The number of unbranched alkanes of at least 4 members (excludes halogenated alkanes) is 1. The Hall–Kier alpha value is -2.96. The van der Waals surface area contributed by atoms with Gasteiger partial charge in [0.2, 0.25) is 11.8 Å². The molecule has 1 aromatic rings. The third-order valence-electron chi connectivity index (χ3n) is 4.70. The van der Waals surface area contributed by atoms with Gasteiger partial charge in [0.05, 0.1) is 6.61 Å². The van der Waals surface area contributed by atoms with Gasteiger partial charge in [-0.1, -0.05) is 19.4 Å². The smallest absolute Gasteiger partial charge is 0.330 e. The second kappa shape index (κ2) is 8.16. The maximum atomic E-state index is 12.6. The molecule has 3 amide bonds. The molecule has 1 saturated heterocycles. The first-order valence-electron chi connectivity index (χ1n) is 9.12. The van der Waals surface area contributed by atoms with Crippen molar-refractivity contribution in [3.8, 4) is 0 Å². The molecule has 3 rings (SSSR count). The lowest BCUT2D eigenvalue weighted by atomic mass is 10.0. The van der Waals surface area contributed by atoms with E-state index in [0.717, 1.165) is 24.0 Å². The molecule has 2 aliphatic rings. The van der Waals surface area contributed by atoms with E-state index in [0.29, 0.717) is 25.1 Å². The minimum absolute atomic E-state index is 0.214. The van der Waals surface area contributed by atoms with Crippen molar-refractivity contribution >= 4 is 29.8 Å². The minimum atomic E-state index is -0.630. The zero-order valence-electron chi connectivity index (χ0n) is 15.2. The summed E-state index contributed by atoms with van der Waals surface area (Å²) in [6, 6.07) is 4.65. The molecular weight excluding hydrogens is 348 g/mol. The fraction of sp³-hybridized carbons (Fsp3) is 0.400. The number of imide groups is 1. The number of carbonyl (C=O) groups is 4. The zero-order valence-corrected chi connectivity index (χ0v) is 15.2. The van der Waals surface area contributed by atoms with E-state index in [1.165, 1.54) is 11.0 Å². The average molecular weight is 370 g/mol. The van der Waals surface area contributed by atoms with Crippen molar-refractivity contribution in [2.45, 2.75) is 45.2 Å². The summed E-state index contributed by atoms with van der Waals surface area (Å²) >= 11 is 0. The summed E-state index contributed by atoms with van der Waals surface area (Å²) in [5, 5.41) is 2.28. The van der Waals surface area contributed by atoms with E-state index in [2.05, 4.69) is 5.32 Å². The third-order valence-corrected chi connectivity index (χ3v) is 4.70. The lowest BCUT2D eigenvalue weighted by molar-refractivity contribution is -0.138. The van der Waals surface area contributed by atoms with E-state index in [-0.39, 0.29) is 18.2 Å². The second-order valence-electron chi connectivity index (χ2n) is 6.67. The van der Waals surface area contributed by atoms with Crippen molar-refractivity contribution in [1.29, 1.82) is 0 Å². The van der Waals surface area contributed by atoms with Gasteiger partial charge < -0.3 is 9.64 Å². The zero-order chi connectivity index (χ0) is 19.4. The largest absolute Gasteiger partial charge is 0.463 e. The van der Waals surface area contributed by atoms with E-state index in [4.69, 9.17) is 4.74 Å². The number of esters is 1. The number of hydrogen-bond acceptors (Lipinski definition) is 5. The molecule has 1 fully saturated rings.